The van der Waals surface area contributed by atoms with E-state index in [2.05, 4.69) is 17.9 Å². The zero-order valence-electron chi connectivity index (χ0n) is 11.8. The predicted octanol–water partition coefficient (Wildman–Crippen LogP) is 4.25. The van der Waals surface area contributed by atoms with Crippen LogP contribution < -0.4 is 0 Å². The second kappa shape index (κ2) is 13.8. The minimum absolute atomic E-state index is 0.175. The maximum Gasteiger partial charge on any atom is 0.302 e. The van der Waals surface area contributed by atoms with E-state index in [0.29, 0.717) is 6.61 Å². The molecule has 0 heterocycles. The summed E-state index contributed by atoms with van der Waals surface area (Å²) in [5.41, 5.74) is 0. The van der Waals surface area contributed by atoms with Gasteiger partial charge in [0.1, 0.15) is 0 Å². The molecule has 0 saturated heterocycles. The Bertz CT molecular complexity index is 281. The van der Waals surface area contributed by atoms with E-state index < -0.39 is 0 Å². The number of carbonyl (C=O) groups is 1. The summed E-state index contributed by atoms with van der Waals surface area (Å²) in [6.07, 6.45) is 13.1. The van der Waals surface area contributed by atoms with Gasteiger partial charge in [0.15, 0.2) is 0 Å². The first-order valence-corrected chi connectivity index (χ1v) is 6.97. The van der Waals surface area contributed by atoms with Crippen molar-refractivity contribution in [1.29, 1.82) is 0 Å². The molecule has 0 spiro atoms. The van der Waals surface area contributed by atoms with E-state index in [-0.39, 0.29) is 5.97 Å². The van der Waals surface area contributed by atoms with Crippen LogP contribution in [-0.4, -0.2) is 12.6 Å². The van der Waals surface area contributed by atoms with Gasteiger partial charge in [-0.05, 0) is 19.8 Å². The molecule has 0 saturated carbocycles. The third kappa shape index (κ3) is 14.8. The molecule has 102 valence electrons. The molecular weight excluding hydrogens is 224 g/mol. The molecule has 0 N–H and O–H groups in total. The van der Waals surface area contributed by atoms with Crippen molar-refractivity contribution in [3.63, 3.8) is 0 Å². The molecule has 0 aromatic rings. The van der Waals surface area contributed by atoms with E-state index >= 15 is 0 Å². The van der Waals surface area contributed by atoms with Crippen LogP contribution in [0.5, 0.6) is 0 Å². The maximum atomic E-state index is 10.5. The van der Waals surface area contributed by atoms with Crippen LogP contribution in [0.2, 0.25) is 0 Å². The lowest BCUT2D eigenvalue weighted by molar-refractivity contribution is -0.141. The molecule has 0 unspecified atom stereocenters. The lowest BCUT2D eigenvalue weighted by Crippen LogP contribution is -1.99. The Morgan fingerprint density at radius 2 is 1.72 bits per heavy atom. The van der Waals surface area contributed by atoms with Gasteiger partial charge in [-0.1, -0.05) is 43.8 Å². The maximum absolute atomic E-state index is 10.5. The summed E-state index contributed by atoms with van der Waals surface area (Å²) >= 11 is 0. The largest absolute Gasteiger partial charge is 0.466 e. The van der Waals surface area contributed by atoms with Crippen molar-refractivity contribution < 1.29 is 9.53 Å². The van der Waals surface area contributed by atoms with E-state index in [1.807, 2.05) is 13.0 Å². The Morgan fingerprint density at radius 3 is 2.39 bits per heavy atom. The van der Waals surface area contributed by atoms with Crippen LogP contribution in [0.15, 0.2) is 12.2 Å². The number of rotatable bonds is 9. The fraction of sp³-hybridized carbons (Fsp3) is 0.688. The molecule has 0 aliphatic rings. The first kappa shape index (κ1) is 16.8. The average Bonchev–Trinajstić information content (AvgIpc) is 2.34. The summed E-state index contributed by atoms with van der Waals surface area (Å²) in [5, 5.41) is 0. The Morgan fingerprint density at radius 1 is 1.06 bits per heavy atom. The molecular formula is C16H26O2. The zero-order chi connectivity index (χ0) is 13.5. The van der Waals surface area contributed by atoms with Gasteiger partial charge in [-0.2, -0.15) is 0 Å². The van der Waals surface area contributed by atoms with Crippen molar-refractivity contribution in [3.8, 4) is 11.8 Å². The van der Waals surface area contributed by atoms with Gasteiger partial charge < -0.3 is 4.74 Å². The van der Waals surface area contributed by atoms with Crippen molar-refractivity contribution in [2.75, 3.05) is 6.61 Å². The molecule has 0 amide bonds. The fourth-order valence-corrected chi connectivity index (χ4v) is 1.58. The highest BCUT2D eigenvalue weighted by Gasteiger charge is 1.93. The molecule has 0 aliphatic carbocycles. The normalized spacial score (nSPS) is 10.1. The lowest BCUT2D eigenvalue weighted by atomic mass is 10.1. The van der Waals surface area contributed by atoms with Crippen LogP contribution in [0.4, 0.5) is 0 Å². The number of hydrogen-bond donors (Lipinski definition) is 0. The molecule has 0 radical (unpaired) electrons. The van der Waals surface area contributed by atoms with Crippen molar-refractivity contribution in [3.05, 3.63) is 12.2 Å². The minimum atomic E-state index is -0.175. The number of ether oxygens (including phenoxy) is 1. The van der Waals surface area contributed by atoms with E-state index in [4.69, 9.17) is 4.74 Å². The summed E-state index contributed by atoms with van der Waals surface area (Å²) in [4.78, 5) is 10.5. The molecule has 0 bridgehead atoms. The smallest absolute Gasteiger partial charge is 0.302 e. The van der Waals surface area contributed by atoms with Crippen molar-refractivity contribution in [1.82, 2.24) is 0 Å². The van der Waals surface area contributed by atoms with Crippen LogP contribution >= 0.6 is 0 Å². The topological polar surface area (TPSA) is 26.3 Å². The molecule has 18 heavy (non-hydrogen) atoms. The first-order valence-electron chi connectivity index (χ1n) is 6.97. The van der Waals surface area contributed by atoms with E-state index in [0.717, 1.165) is 25.7 Å². The van der Waals surface area contributed by atoms with Gasteiger partial charge in [0, 0.05) is 19.8 Å². The van der Waals surface area contributed by atoms with Gasteiger partial charge in [-0.25, -0.2) is 0 Å². The zero-order valence-corrected chi connectivity index (χ0v) is 11.8. The molecule has 0 aliphatic heterocycles. The Balaban J connectivity index is 3.11. The van der Waals surface area contributed by atoms with Gasteiger partial charge in [-0.3, -0.25) is 4.79 Å². The number of allylic oxidation sites excluding steroid dienone is 2. The van der Waals surface area contributed by atoms with Crippen LogP contribution in [0, 0.1) is 11.8 Å². The molecule has 0 fully saturated rings. The number of unbranched alkanes of at least 4 members (excludes halogenated alkanes) is 6. The van der Waals surface area contributed by atoms with Gasteiger partial charge in [-0.15, -0.1) is 5.92 Å². The van der Waals surface area contributed by atoms with Gasteiger partial charge in [0.25, 0.3) is 0 Å². The Labute approximate surface area is 112 Å². The summed E-state index contributed by atoms with van der Waals surface area (Å²) in [6.45, 7) is 4.05. The predicted molar refractivity (Wildman–Crippen MR) is 76.2 cm³/mol. The summed E-state index contributed by atoms with van der Waals surface area (Å²) in [6, 6.07) is 0. The average molecular weight is 250 g/mol. The third-order valence-corrected chi connectivity index (χ3v) is 2.58. The highest BCUT2D eigenvalue weighted by atomic mass is 16.5. The monoisotopic (exact) mass is 250 g/mol. The fourth-order valence-electron chi connectivity index (χ4n) is 1.58. The molecule has 0 rings (SSSR count). The van der Waals surface area contributed by atoms with Gasteiger partial charge in [0.05, 0.1) is 6.61 Å². The minimum Gasteiger partial charge on any atom is -0.466 e. The summed E-state index contributed by atoms with van der Waals surface area (Å²) in [5.74, 6) is 6.14. The first-order chi connectivity index (χ1) is 8.77. The Hall–Kier alpha value is -1.23. The van der Waals surface area contributed by atoms with Crippen LogP contribution in [0.25, 0.3) is 0 Å². The van der Waals surface area contributed by atoms with Crippen molar-refractivity contribution in [2.45, 2.75) is 65.2 Å². The van der Waals surface area contributed by atoms with E-state index in [1.54, 1.807) is 0 Å². The van der Waals surface area contributed by atoms with Crippen LogP contribution in [0.3, 0.4) is 0 Å². The quantitative estimate of drug-likeness (QED) is 0.265. The highest BCUT2D eigenvalue weighted by molar-refractivity contribution is 5.65. The molecule has 0 atom stereocenters. The van der Waals surface area contributed by atoms with Crippen molar-refractivity contribution in [2.24, 2.45) is 0 Å². The van der Waals surface area contributed by atoms with E-state index in [9.17, 15) is 4.79 Å². The highest BCUT2D eigenvalue weighted by Crippen LogP contribution is 2.06. The molecule has 2 nitrogen and oxygen atoms in total. The second-order valence-corrected chi connectivity index (χ2v) is 4.34. The van der Waals surface area contributed by atoms with Gasteiger partial charge >= 0.3 is 5.97 Å². The van der Waals surface area contributed by atoms with Crippen LogP contribution in [-0.2, 0) is 9.53 Å². The van der Waals surface area contributed by atoms with E-state index in [1.165, 1.54) is 32.6 Å². The van der Waals surface area contributed by atoms with Crippen LogP contribution in [0.1, 0.15) is 65.2 Å². The molecule has 2 heteroatoms. The second-order valence-electron chi connectivity index (χ2n) is 4.34. The molecule has 0 aromatic carbocycles. The SMILES string of the molecule is C/C=C/CC#CCCCCCCCCOC(C)=O. The number of hydrogen-bond acceptors (Lipinski definition) is 2. The van der Waals surface area contributed by atoms with Crippen molar-refractivity contribution >= 4 is 5.97 Å². The molecule has 0 aromatic heterocycles. The number of esters is 1. The van der Waals surface area contributed by atoms with Gasteiger partial charge in [0.2, 0.25) is 0 Å². The third-order valence-electron chi connectivity index (χ3n) is 2.58. The standard InChI is InChI=1S/C16H26O2/c1-3-4-5-6-7-8-9-10-11-12-13-14-15-18-16(2)17/h3-4H,5,8-15H2,1-2H3/b4-3+. The summed E-state index contributed by atoms with van der Waals surface area (Å²) in [7, 11) is 0. The lowest BCUT2D eigenvalue weighted by Gasteiger charge is -2.01. The number of carbonyl (C=O) groups excluding carboxylic acids is 1. The Kier molecular flexibility index (Phi) is 12.9. The summed E-state index contributed by atoms with van der Waals surface area (Å²) < 4.78 is 4.87.